The molecule has 2 atom stereocenters. The molecule has 0 saturated carbocycles. The van der Waals surface area contributed by atoms with Crippen LogP contribution in [0.25, 0.3) is 0 Å². The van der Waals surface area contributed by atoms with Crippen molar-refractivity contribution in [2.75, 3.05) is 18.1 Å². The SMILES string of the molecule is CSC(C)CNC(C)c1cccc(NC(C)=O)c1. The third-order valence-corrected chi connectivity index (χ3v) is 3.79. The van der Waals surface area contributed by atoms with Gasteiger partial charge in [-0.25, -0.2) is 0 Å². The second kappa shape index (κ2) is 7.44. The highest BCUT2D eigenvalue weighted by Gasteiger charge is 2.07. The molecule has 100 valence electrons. The molecular weight excluding hydrogens is 244 g/mol. The lowest BCUT2D eigenvalue weighted by molar-refractivity contribution is -0.114. The molecule has 1 aromatic carbocycles. The zero-order valence-corrected chi connectivity index (χ0v) is 12.3. The monoisotopic (exact) mass is 266 g/mol. The number of nitrogens with one attached hydrogen (secondary N) is 2. The van der Waals surface area contributed by atoms with Gasteiger partial charge in [0.1, 0.15) is 0 Å². The third kappa shape index (κ3) is 5.10. The van der Waals surface area contributed by atoms with Crippen molar-refractivity contribution < 1.29 is 4.79 Å². The van der Waals surface area contributed by atoms with E-state index in [9.17, 15) is 4.79 Å². The summed E-state index contributed by atoms with van der Waals surface area (Å²) in [7, 11) is 0. The van der Waals surface area contributed by atoms with Crippen molar-refractivity contribution >= 4 is 23.4 Å². The molecule has 3 nitrogen and oxygen atoms in total. The highest BCUT2D eigenvalue weighted by atomic mass is 32.2. The molecule has 1 amide bonds. The van der Waals surface area contributed by atoms with Crippen LogP contribution in [0, 0.1) is 0 Å². The number of thioether (sulfide) groups is 1. The minimum Gasteiger partial charge on any atom is -0.326 e. The van der Waals surface area contributed by atoms with Crippen LogP contribution in [-0.2, 0) is 4.79 Å². The predicted octanol–water partition coefficient (Wildman–Crippen LogP) is 3.05. The molecule has 0 spiro atoms. The molecule has 4 heteroatoms. The van der Waals surface area contributed by atoms with Crippen LogP contribution >= 0.6 is 11.8 Å². The predicted molar refractivity (Wildman–Crippen MR) is 80.1 cm³/mol. The quantitative estimate of drug-likeness (QED) is 0.831. The van der Waals surface area contributed by atoms with Crippen molar-refractivity contribution in [2.24, 2.45) is 0 Å². The average molecular weight is 266 g/mol. The van der Waals surface area contributed by atoms with Gasteiger partial charge in [0.05, 0.1) is 0 Å². The van der Waals surface area contributed by atoms with Crippen LogP contribution < -0.4 is 10.6 Å². The lowest BCUT2D eigenvalue weighted by Crippen LogP contribution is -2.25. The largest absolute Gasteiger partial charge is 0.326 e. The maximum absolute atomic E-state index is 11.0. The van der Waals surface area contributed by atoms with Crippen molar-refractivity contribution in [2.45, 2.75) is 32.1 Å². The van der Waals surface area contributed by atoms with Gasteiger partial charge in [0.15, 0.2) is 0 Å². The number of hydrogen-bond acceptors (Lipinski definition) is 3. The summed E-state index contributed by atoms with van der Waals surface area (Å²) in [5, 5.41) is 6.90. The second-order valence-electron chi connectivity index (χ2n) is 4.48. The summed E-state index contributed by atoms with van der Waals surface area (Å²) in [6, 6.07) is 8.25. The minimum atomic E-state index is -0.0382. The van der Waals surface area contributed by atoms with Gasteiger partial charge in [0.2, 0.25) is 5.91 Å². The third-order valence-electron chi connectivity index (χ3n) is 2.82. The van der Waals surface area contributed by atoms with Gasteiger partial charge in [-0.15, -0.1) is 0 Å². The van der Waals surface area contributed by atoms with Gasteiger partial charge in [-0.1, -0.05) is 19.1 Å². The Balaban J connectivity index is 2.62. The number of rotatable bonds is 6. The molecule has 1 rings (SSSR count). The summed E-state index contributed by atoms with van der Waals surface area (Å²) in [6.45, 7) is 6.85. The molecule has 0 saturated heterocycles. The highest BCUT2D eigenvalue weighted by molar-refractivity contribution is 7.99. The van der Waals surface area contributed by atoms with Gasteiger partial charge in [0.25, 0.3) is 0 Å². The van der Waals surface area contributed by atoms with E-state index in [0.29, 0.717) is 5.25 Å². The maximum Gasteiger partial charge on any atom is 0.221 e. The van der Waals surface area contributed by atoms with Crippen LogP contribution in [0.2, 0.25) is 0 Å². The van der Waals surface area contributed by atoms with Crippen molar-refractivity contribution in [3.63, 3.8) is 0 Å². The summed E-state index contributed by atoms with van der Waals surface area (Å²) >= 11 is 1.85. The Morgan fingerprint density at radius 2 is 2.11 bits per heavy atom. The maximum atomic E-state index is 11.0. The number of carbonyl (C=O) groups excluding carboxylic acids is 1. The lowest BCUT2D eigenvalue weighted by atomic mass is 10.1. The van der Waals surface area contributed by atoms with Gasteiger partial charge in [-0.05, 0) is 30.9 Å². The van der Waals surface area contributed by atoms with Gasteiger partial charge >= 0.3 is 0 Å². The van der Waals surface area contributed by atoms with Gasteiger partial charge < -0.3 is 10.6 Å². The molecular formula is C14H22N2OS. The number of anilines is 1. The molecule has 0 radical (unpaired) electrons. The molecule has 18 heavy (non-hydrogen) atoms. The molecule has 0 aliphatic rings. The summed E-state index contributed by atoms with van der Waals surface area (Å²) in [6.07, 6.45) is 2.12. The van der Waals surface area contributed by atoms with Crippen LogP contribution in [0.15, 0.2) is 24.3 Å². The van der Waals surface area contributed by atoms with Crippen LogP contribution in [0.5, 0.6) is 0 Å². The van der Waals surface area contributed by atoms with E-state index in [0.717, 1.165) is 12.2 Å². The van der Waals surface area contributed by atoms with Gasteiger partial charge in [-0.3, -0.25) is 4.79 Å². The first-order valence-corrected chi connectivity index (χ1v) is 7.45. The molecule has 2 unspecified atom stereocenters. The van der Waals surface area contributed by atoms with Gasteiger partial charge in [0, 0.05) is 30.4 Å². The Kier molecular flexibility index (Phi) is 6.22. The van der Waals surface area contributed by atoms with Crippen LogP contribution in [0.1, 0.15) is 32.4 Å². The fourth-order valence-electron chi connectivity index (χ4n) is 1.63. The van der Waals surface area contributed by atoms with Crippen LogP contribution in [0.4, 0.5) is 5.69 Å². The van der Waals surface area contributed by atoms with E-state index in [1.807, 2.05) is 30.0 Å². The summed E-state index contributed by atoms with van der Waals surface area (Å²) in [4.78, 5) is 11.0. The molecule has 0 aliphatic heterocycles. The lowest BCUT2D eigenvalue weighted by Gasteiger charge is -2.17. The number of carbonyl (C=O) groups is 1. The van der Waals surface area contributed by atoms with Gasteiger partial charge in [-0.2, -0.15) is 11.8 Å². The van der Waals surface area contributed by atoms with Crippen LogP contribution in [0.3, 0.4) is 0 Å². The summed E-state index contributed by atoms with van der Waals surface area (Å²) < 4.78 is 0. The molecule has 0 bridgehead atoms. The fourth-order valence-corrected chi connectivity index (χ4v) is 1.90. The molecule has 0 heterocycles. The first-order chi connectivity index (χ1) is 8.52. The molecule has 0 fully saturated rings. The second-order valence-corrected chi connectivity index (χ2v) is 5.76. The van der Waals surface area contributed by atoms with Crippen molar-refractivity contribution in [1.29, 1.82) is 0 Å². The Bertz CT molecular complexity index is 395. The topological polar surface area (TPSA) is 41.1 Å². The first kappa shape index (κ1) is 15.1. The van der Waals surface area contributed by atoms with Crippen molar-refractivity contribution in [3.05, 3.63) is 29.8 Å². The highest BCUT2D eigenvalue weighted by Crippen LogP contribution is 2.18. The fraction of sp³-hybridized carbons (Fsp3) is 0.500. The standard InChI is InChI=1S/C14H22N2OS/c1-10(18-4)9-15-11(2)13-6-5-7-14(8-13)16-12(3)17/h5-8,10-11,15H,9H2,1-4H3,(H,16,17). The average Bonchev–Trinajstić information content (AvgIpc) is 2.35. The molecule has 2 N–H and O–H groups in total. The minimum absolute atomic E-state index is 0.0382. The van der Waals surface area contributed by atoms with Crippen LogP contribution in [-0.4, -0.2) is 24.0 Å². The Morgan fingerprint density at radius 1 is 1.39 bits per heavy atom. The summed E-state index contributed by atoms with van der Waals surface area (Å²) in [5.74, 6) is -0.0382. The first-order valence-electron chi connectivity index (χ1n) is 6.16. The van der Waals surface area contributed by atoms with E-state index in [2.05, 4.69) is 36.8 Å². The van der Waals surface area contributed by atoms with E-state index < -0.39 is 0 Å². The van der Waals surface area contributed by atoms with E-state index in [4.69, 9.17) is 0 Å². The molecule has 0 aromatic heterocycles. The normalized spacial score (nSPS) is 14.0. The smallest absolute Gasteiger partial charge is 0.221 e. The Hall–Kier alpha value is -1.00. The van der Waals surface area contributed by atoms with E-state index in [1.54, 1.807) is 0 Å². The zero-order valence-electron chi connectivity index (χ0n) is 11.5. The molecule has 1 aromatic rings. The Labute approximate surface area is 114 Å². The number of amides is 1. The molecule has 0 aliphatic carbocycles. The van der Waals surface area contributed by atoms with E-state index in [-0.39, 0.29) is 11.9 Å². The Morgan fingerprint density at radius 3 is 2.72 bits per heavy atom. The number of hydrogen-bond donors (Lipinski definition) is 2. The van der Waals surface area contributed by atoms with E-state index >= 15 is 0 Å². The van der Waals surface area contributed by atoms with E-state index in [1.165, 1.54) is 12.5 Å². The summed E-state index contributed by atoms with van der Waals surface area (Å²) in [5.41, 5.74) is 2.04. The number of benzene rings is 1. The van der Waals surface area contributed by atoms with Crippen molar-refractivity contribution in [3.8, 4) is 0 Å². The van der Waals surface area contributed by atoms with Crippen molar-refractivity contribution in [1.82, 2.24) is 5.32 Å². The zero-order chi connectivity index (χ0) is 13.5.